The standard InChI is InChI=1S/CH2O3.N3.2Na.2H/c2-1(3)4;1-3-2;;;;/h(H2,2,3,4);;;;;/q;-1;2*+1;2*-1. The van der Waals surface area contributed by atoms with Crippen LogP contribution in [0.25, 0.3) is 16.0 Å². The van der Waals surface area contributed by atoms with Gasteiger partial charge in [-0.3, -0.25) is 4.91 Å². The first-order chi connectivity index (χ1) is 3.15. The Bertz CT molecular complexity index is 92.6. The van der Waals surface area contributed by atoms with Crippen molar-refractivity contribution in [1.82, 2.24) is 0 Å². The van der Waals surface area contributed by atoms with Gasteiger partial charge in [-0.2, -0.15) is 0 Å². The van der Waals surface area contributed by atoms with Crippen LogP contribution in [0.1, 0.15) is 2.85 Å². The Labute approximate surface area is 98.2 Å². The molecule has 0 bridgehead atoms. The van der Waals surface area contributed by atoms with Crippen molar-refractivity contribution in [3.8, 4) is 0 Å². The molecular weight excluding hydrogens is 148 g/mol. The number of hydrogen-bond acceptors (Lipinski definition) is 1. The molecule has 9 heavy (non-hydrogen) atoms. The van der Waals surface area contributed by atoms with Gasteiger partial charge in [-0.15, -0.1) is 0 Å². The summed E-state index contributed by atoms with van der Waals surface area (Å²) in [4.78, 5) is 10.1. The summed E-state index contributed by atoms with van der Waals surface area (Å²) < 4.78 is 0. The molecule has 0 spiro atoms. The second-order valence-electron chi connectivity index (χ2n) is 0.372. The van der Waals surface area contributed by atoms with Crippen LogP contribution in [0, 0.1) is 0 Å². The maximum Gasteiger partial charge on any atom is 1.00 e. The molecule has 0 rings (SSSR count). The van der Waals surface area contributed by atoms with Crippen molar-refractivity contribution >= 4 is 6.16 Å². The Kier molecular flexibility index (Phi) is 59.1. The molecule has 0 aromatic heterocycles. The minimum Gasteiger partial charge on any atom is -1.00 e. The van der Waals surface area contributed by atoms with Gasteiger partial charge in [0.25, 0.3) is 0 Å². The number of hydrogen-bond donors (Lipinski definition) is 2. The fraction of sp³-hybridized carbons (Fsp3) is 0. The van der Waals surface area contributed by atoms with Crippen LogP contribution in [-0.4, -0.2) is 16.4 Å². The summed E-state index contributed by atoms with van der Waals surface area (Å²) in [6.07, 6.45) is -1.83. The molecule has 44 valence electrons. The molecule has 0 heterocycles. The van der Waals surface area contributed by atoms with Crippen LogP contribution in [0.2, 0.25) is 0 Å². The maximum absolute atomic E-state index is 8.56. The van der Waals surface area contributed by atoms with E-state index in [1.165, 1.54) is 4.91 Å². The van der Waals surface area contributed by atoms with Crippen molar-refractivity contribution < 1.29 is 77.0 Å². The van der Waals surface area contributed by atoms with Crippen LogP contribution in [0.4, 0.5) is 4.79 Å². The fourth-order valence-corrected chi connectivity index (χ4v) is 0. The molecular formula is CH4N3Na2O3-. The fourth-order valence-electron chi connectivity index (χ4n) is 0. The van der Waals surface area contributed by atoms with Gasteiger partial charge < -0.3 is 24.1 Å². The van der Waals surface area contributed by atoms with Gasteiger partial charge in [-0.25, -0.2) is 4.79 Å². The monoisotopic (exact) mass is 152 g/mol. The molecule has 0 aromatic rings. The van der Waals surface area contributed by atoms with E-state index in [4.69, 9.17) is 26.1 Å². The summed E-state index contributed by atoms with van der Waals surface area (Å²) in [5.74, 6) is 0. The first kappa shape index (κ1) is 22.7. The maximum atomic E-state index is 8.56. The Morgan fingerprint density at radius 2 is 1.33 bits per heavy atom. The van der Waals surface area contributed by atoms with E-state index in [2.05, 4.69) is 0 Å². The van der Waals surface area contributed by atoms with Crippen LogP contribution in [0.15, 0.2) is 0 Å². The van der Waals surface area contributed by atoms with Gasteiger partial charge in [0.05, 0.1) is 0 Å². The zero-order valence-electron chi connectivity index (χ0n) is 7.14. The summed E-state index contributed by atoms with van der Waals surface area (Å²) in [6, 6.07) is 0. The Morgan fingerprint density at radius 1 is 1.33 bits per heavy atom. The second-order valence-corrected chi connectivity index (χ2v) is 0.372. The Morgan fingerprint density at radius 3 is 1.33 bits per heavy atom. The van der Waals surface area contributed by atoms with Crippen LogP contribution in [0.5, 0.6) is 0 Å². The van der Waals surface area contributed by atoms with Crippen LogP contribution in [0.3, 0.4) is 0 Å². The predicted octanol–water partition coefficient (Wildman–Crippen LogP) is -4.68. The number of carbonyl (C=O) groups is 1. The molecule has 0 fully saturated rings. The van der Waals surface area contributed by atoms with E-state index in [1.54, 1.807) is 0 Å². The number of rotatable bonds is 0. The molecule has 6 nitrogen and oxygen atoms in total. The smallest absolute Gasteiger partial charge is 1.00 e. The Hall–Kier alpha value is 0.580. The molecule has 0 aromatic carbocycles. The van der Waals surface area contributed by atoms with Gasteiger partial charge in [0.1, 0.15) is 0 Å². The van der Waals surface area contributed by atoms with E-state index >= 15 is 0 Å². The van der Waals surface area contributed by atoms with Crippen LogP contribution in [-0.2, 0) is 0 Å². The third-order valence-electron chi connectivity index (χ3n) is 0. The normalized spacial score (nSPS) is 3.56. The topological polar surface area (TPSA) is 116 Å². The van der Waals surface area contributed by atoms with Crippen molar-refractivity contribution in [1.29, 1.82) is 0 Å². The molecule has 0 aliphatic rings. The van der Waals surface area contributed by atoms with Gasteiger partial charge >= 0.3 is 65.3 Å². The summed E-state index contributed by atoms with van der Waals surface area (Å²) in [6.45, 7) is 0. The van der Waals surface area contributed by atoms with Crippen molar-refractivity contribution in [2.24, 2.45) is 0 Å². The zero-order valence-corrected chi connectivity index (χ0v) is 9.14. The molecule has 0 atom stereocenters. The molecule has 8 heteroatoms. The van der Waals surface area contributed by atoms with E-state index in [9.17, 15) is 0 Å². The van der Waals surface area contributed by atoms with E-state index in [1.807, 2.05) is 0 Å². The molecule has 0 aliphatic carbocycles. The average molecular weight is 152 g/mol. The quantitative estimate of drug-likeness (QED) is 0.157. The molecule has 2 N–H and O–H groups in total. The first-order valence-electron chi connectivity index (χ1n) is 1.05. The first-order valence-corrected chi connectivity index (χ1v) is 1.05. The van der Waals surface area contributed by atoms with Gasteiger partial charge in [0, 0.05) is 0 Å². The van der Waals surface area contributed by atoms with Gasteiger partial charge in [0.15, 0.2) is 0 Å². The SMILES string of the molecule is O=C(O)O.[H-].[H-].[N-]=[N+]=[N-].[Na+].[Na+]. The van der Waals surface area contributed by atoms with E-state index in [-0.39, 0.29) is 62.0 Å². The van der Waals surface area contributed by atoms with E-state index < -0.39 is 6.16 Å². The van der Waals surface area contributed by atoms with Crippen molar-refractivity contribution in [3.05, 3.63) is 16.0 Å². The average Bonchev–Trinajstić information content (AvgIpc) is 1.33. The van der Waals surface area contributed by atoms with Gasteiger partial charge in [-0.05, 0) is 0 Å². The molecule has 0 amide bonds. The van der Waals surface area contributed by atoms with Gasteiger partial charge in [-0.1, -0.05) is 0 Å². The largest absolute Gasteiger partial charge is 1.00 e. The van der Waals surface area contributed by atoms with Gasteiger partial charge in [0.2, 0.25) is 0 Å². The van der Waals surface area contributed by atoms with Crippen LogP contribution >= 0.6 is 0 Å². The van der Waals surface area contributed by atoms with Crippen LogP contribution < -0.4 is 59.1 Å². The van der Waals surface area contributed by atoms with Crippen molar-refractivity contribution in [2.45, 2.75) is 0 Å². The molecule has 0 saturated heterocycles. The number of carboxylic acid groups (broad SMARTS) is 2. The summed E-state index contributed by atoms with van der Waals surface area (Å²) in [5, 5.41) is 13.9. The predicted molar refractivity (Wildman–Crippen MR) is 23.0 cm³/mol. The molecule has 0 radical (unpaired) electrons. The second kappa shape index (κ2) is 23.5. The number of nitrogens with zero attached hydrogens (tertiary/aromatic N) is 3. The van der Waals surface area contributed by atoms with Crippen molar-refractivity contribution in [2.75, 3.05) is 0 Å². The minimum atomic E-state index is -1.83. The summed E-state index contributed by atoms with van der Waals surface area (Å²) >= 11 is 0. The summed E-state index contributed by atoms with van der Waals surface area (Å²) in [7, 11) is 0. The van der Waals surface area contributed by atoms with E-state index in [0.717, 1.165) is 0 Å². The third kappa shape index (κ3) is 1100. The minimum absolute atomic E-state index is 0. The van der Waals surface area contributed by atoms with E-state index in [0.29, 0.717) is 0 Å². The molecule has 0 saturated carbocycles. The molecule has 0 aliphatic heterocycles. The third-order valence-corrected chi connectivity index (χ3v) is 0. The summed E-state index contributed by atoms with van der Waals surface area (Å²) in [5.41, 5.74) is 13.5. The van der Waals surface area contributed by atoms with Crippen molar-refractivity contribution in [3.63, 3.8) is 0 Å². The molecule has 0 unspecified atom stereocenters. The Balaban J connectivity index is -0.00000000848. The zero-order chi connectivity index (χ0) is 6.28.